The van der Waals surface area contributed by atoms with E-state index < -0.39 is 0 Å². The Kier molecular flexibility index (Phi) is 5.27. The predicted octanol–water partition coefficient (Wildman–Crippen LogP) is 2.64. The van der Waals surface area contributed by atoms with Crippen LogP contribution in [0.15, 0.2) is 0 Å². The summed E-state index contributed by atoms with van der Waals surface area (Å²) in [5.41, 5.74) is 6.48. The monoisotopic (exact) mass is 268 g/mol. The number of methoxy groups -OCH3 is 1. The lowest BCUT2D eigenvalue weighted by Gasteiger charge is -2.47. The predicted molar refractivity (Wildman–Crippen MR) is 80.2 cm³/mol. The van der Waals surface area contributed by atoms with E-state index >= 15 is 0 Å². The Bertz CT molecular complexity index is 282. The minimum Gasteiger partial charge on any atom is -0.380 e. The molecule has 1 heterocycles. The molecule has 0 amide bonds. The van der Waals surface area contributed by atoms with E-state index in [-0.39, 0.29) is 5.54 Å². The highest BCUT2D eigenvalue weighted by molar-refractivity contribution is 4.99. The van der Waals surface area contributed by atoms with Crippen molar-refractivity contribution in [3.05, 3.63) is 0 Å². The number of hydrogen-bond acceptors (Lipinski definition) is 3. The molecule has 19 heavy (non-hydrogen) atoms. The molecule has 1 saturated carbocycles. The van der Waals surface area contributed by atoms with E-state index in [1.807, 2.05) is 7.11 Å². The van der Waals surface area contributed by atoms with E-state index in [0.717, 1.165) is 24.9 Å². The SMILES string of the molecule is COC1CCN(C2(CN)CCCC(CC(C)C)C2)C1. The maximum Gasteiger partial charge on any atom is 0.0710 e. The molecule has 3 atom stereocenters. The molecular formula is C16H32N2O. The molecule has 3 nitrogen and oxygen atoms in total. The van der Waals surface area contributed by atoms with Crippen LogP contribution in [-0.2, 0) is 4.74 Å². The number of rotatable bonds is 5. The van der Waals surface area contributed by atoms with Gasteiger partial charge in [0.25, 0.3) is 0 Å². The first-order valence-corrected chi connectivity index (χ1v) is 8.07. The third-order valence-corrected chi connectivity index (χ3v) is 5.26. The van der Waals surface area contributed by atoms with Gasteiger partial charge in [0.1, 0.15) is 0 Å². The van der Waals surface area contributed by atoms with E-state index in [9.17, 15) is 0 Å². The molecule has 112 valence electrons. The smallest absolute Gasteiger partial charge is 0.0710 e. The van der Waals surface area contributed by atoms with E-state index in [1.54, 1.807) is 0 Å². The Hall–Kier alpha value is -0.120. The van der Waals surface area contributed by atoms with Gasteiger partial charge in [-0.2, -0.15) is 0 Å². The molecule has 1 aliphatic heterocycles. The molecule has 3 heteroatoms. The van der Waals surface area contributed by atoms with Gasteiger partial charge in [0.2, 0.25) is 0 Å². The number of nitrogens with two attached hydrogens (primary N) is 1. The number of nitrogens with zero attached hydrogens (tertiary/aromatic N) is 1. The summed E-state index contributed by atoms with van der Waals surface area (Å²) in [7, 11) is 1.84. The summed E-state index contributed by atoms with van der Waals surface area (Å²) >= 11 is 0. The molecule has 0 aromatic rings. The molecule has 0 spiro atoms. The zero-order valence-corrected chi connectivity index (χ0v) is 13.0. The fourth-order valence-electron chi connectivity index (χ4n) is 4.28. The highest BCUT2D eigenvalue weighted by Gasteiger charge is 2.42. The van der Waals surface area contributed by atoms with Crippen LogP contribution in [0.5, 0.6) is 0 Å². The van der Waals surface area contributed by atoms with Crippen LogP contribution in [0.1, 0.15) is 52.4 Å². The molecule has 0 bridgehead atoms. The van der Waals surface area contributed by atoms with Gasteiger partial charge in [-0.15, -0.1) is 0 Å². The second-order valence-corrected chi connectivity index (χ2v) is 7.11. The van der Waals surface area contributed by atoms with Crippen molar-refractivity contribution in [2.45, 2.75) is 64.0 Å². The molecule has 2 rings (SSSR count). The number of ether oxygens (including phenoxy) is 1. The molecular weight excluding hydrogens is 236 g/mol. The van der Waals surface area contributed by atoms with Gasteiger partial charge in [-0.1, -0.05) is 26.7 Å². The Morgan fingerprint density at radius 3 is 2.74 bits per heavy atom. The zero-order chi connectivity index (χ0) is 13.9. The topological polar surface area (TPSA) is 38.5 Å². The van der Waals surface area contributed by atoms with Gasteiger partial charge in [0, 0.05) is 32.3 Å². The lowest BCUT2D eigenvalue weighted by Crippen LogP contribution is -2.55. The van der Waals surface area contributed by atoms with Gasteiger partial charge in [-0.3, -0.25) is 4.90 Å². The van der Waals surface area contributed by atoms with E-state index in [2.05, 4.69) is 18.7 Å². The van der Waals surface area contributed by atoms with Crippen LogP contribution in [0, 0.1) is 11.8 Å². The first kappa shape index (κ1) is 15.3. The van der Waals surface area contributed by atoms with Crippen molar-refractivity contribution < 1.29 is 4.74 Å². The largest absolute Gasteiger partial charge is 0.380 e. The summed E-state index contributed by atoms with van der Waals surface area (Å²) in [6.45, 7) is 7.76. The van der Waals surface area contributed by atoms with Gasteiger partial charge in [-0.05, 0) is 37.5 Å². The highest BCUT2D eigenvalue weighted by Crippen LogP contribution is 2.40. The molecule has 0 radical (unpaired) electrons. The zero-order valence-electron chi connectivity index (χ0n) is 13.0. The summed E-state index contributed by atoms with van der Waals surface area (Å²) < 4.78 is 5.53. The van der Waals surface area contributed by atoms with Gasteiger partial charge in [-0.25, -0.2) is 0 Å². The Morgan fingerprint density at radius 1 is 1.37 bits per heavy atom. The molecule has 1 saturated heterocycles. The van der Waals surface area contributed by atoms with Crippen molar-refractivity contribution in [3.8, 4) is 0 Å². The molecule has 3 unspecified atom stereocenters. The summed E-state index contributed by atoms with van der Waals surface area (Å²) in [5, 5.41) is 0. The minimum absolute atomic E-state index is 0.269. The van der Waals surface area contributed by atoms with Crippen LogP contribution >= 0.6 is 0 Å². The van der Waals surface area contributed by atoms with Crippen molar-refractivity contribution in [3.63, 3.8) is 0 Å². The van der Waals surface area contributed by atoms with Crippen LogP contribution in [0.2, 0.25) is 0 Å². The van der Waals surface area contributed by atoms with Crippen molar-refractivity contribution in [2.75, 3.05) is 26.7 Å². The summed E-state index contributed by atoms with van der Waals surface area (Å²) in [6.07, 6.45) is 8.31. The van der Waals surface area contributed by atoms with Crippen LogP contribution < -0.4 is 5.73 Å². The van der Waals surface area contributed by atoms with Crippen molar-refractivity contribution in [2.24, 2.45) is 17.6 Å². The van der Waals surface area contributed by atoms with E-state index in [4.69, 9.17) is 10.5 Å². The van der Waals surface area contributed by atoms with Gasteiger partial charge in [0.05, 0.1) is 6.10 Å². The van der Waals surface area contributed by atoms with Gasteiger partial charge < -0.3 is 10.5 Å². The van der Waals surface area contributed by atoms with Gasteiger partial charge >= 0.3 is 0 Å². The van der Waals surface area contributed by atoms with Crippen LogP contribution in [0.3, 0.4) is 0 Å². The molecule has 1 aliphatic carbocycles. The molecule has 2 aliphatic rings. The number of hydrogen-bond donors (Lipinski definition) is 1. The van der Waals surface area contributed by atoms with Crippen molar-refractivity contribution >= 4 is 0 Å². The van der Waals surface area contributed by atoms with Crippen molar-refractivity contribution in [1.29, 1.82) is 0 Å². The summed E-state index contributed by atoms with van der Waals surface area (Å²) in [6, 6.07) is 0. The average molecular weight is 268 g/mol. The van der Waals surface area contributed by atoms with Crippen molar-refractivity contribution in [1.82, 2.24) is 4.90 Å². The second kappa shape index (κ2) is 6.55. The molecule has 2 fully saturated rings. The Labute approximate surface area is 118 Å². The molecule has 2 N–H and O–H groups in total. The van der Waals surface area contributed by atoms with Crippen LogP contribution in [0.4, 0.5) is 0 Å². The Morgan fingerprint density at radius 2 is 2.16 bits per heavy atom. The summed E-state index contributed by atoms with van der Waals surface area (Å²) in [5.74, 6) is 1.68. The lowest BCUT2D eigenvalue weighted by molar-refractivity contribution is 0.0315. The van der Waals surface area contributed by atoms with Crippen LogP contribution in [-0.4, -0.2) is 43.3 Å². The minimum atomic E-state index is 0.269. The maximum atomic E-state index is 6.22. The maximum absolute atomic E-state index is 6.22. The third-order valence-electron chi connectivity index (χ3n) is 5.26. The fourth-order valence-corrected chi connectivity index (χ4v) is 4.28. The average Bonchev–Trinajstić information content (AvgIpc) is 2.87. The lowest BCUT2D eigenvalue weighted by atomic mass is 9.72. The molecule has 0 aromatic heterocycles. The van der Waals surface area contributed by atoms with Crippen LogP contribution in [0.25, 0.3) is 0 Å². The quantitative estimate of drug-likeness (QED) is 0.833. The number of likely N-dealkylation sites (tertiary alicyclic amines) is 1. The highest BCUT2D eigenvalue weighted by atomic mass is 16.5. The molecule has 0 aromatic carbocycles. The van der Waals surface area contributed by atoms with Gasteiger partial charge in [0.15, 0.2) is 0 Å². The Balaban J connectivity index is 2.00. The normalized spacial score (nSPS) is 37.1. The second-order valence-electron chi connectivity index (χ2n) is 7.11. The van der Waals surface area contributed by atoms with E-state index in [0.29, 0.717) is 6.10 Å². The first-order chi connectivity index (χ1) is 9.09. The van der Waals surface area contributed by atoms with E-state index in [1.165, 1.54) is 45.1 Å². The third kappa shape index (κ3) is 3.50. The standard InChI is InChI=1S/C16H32N2O/c1-13(2)9-14-5-4-7-16(10-14,12-17)18-8-6-15(11-18)19-3/h13-15H,4-12,17H2,1-3H3. The first-order valence-electron chi connectivity index (χ1n) is 8.07. The fraction of sp³-hybridized carbons (Fsp3) is 1.00. The summed E-state index contributed by atoms with van der Waals surface area (Å²) in [4.78, 5) is 2.65.